The van der Waals surface area contributed by atoms with Crippen molar-refractivity contribution in [2.45, 2.75) is 44.9 Å². The van der Waals surface area contributed by atoms with Gasteiger partial charge in [0.1, 0.15) is 0 Å². The van der Waals surface area contributed by atoms with Gasteiger partial charge in [0.2, 0.25) is 0 Å². The Kier molecular flexibility index (Phi) is 5.71. The van der Waals surface area contributed by atoms with Gasteiger partial charge in [0.25, 0.3) is 0 Å². The third-order valence-corrected chi connectivity index (χ3v) is 5.46. The van der Waals surface area contributed by atoms with Gasteiger partial charge in [-0.1, -0.05) is 97.4 Å². The average molecular weight is 328 g/mol. The fourth-order valence-corrected chi connectivity index (χ4v) is 3.76. The molecule has 0 bridgehead atoms. The lowest BCUT2D eigenvalue weighted by Crippen LogP contribution is -2.29. The van der Waals surface area contributed by atoms with E-state index in [4.69, 9.17) is 0 Å². The predicted octanol–water partition coefficient (Wildman–Crippen LogP) is 6.52. The van der Waals surface area contributed by atoms with Gasteiger partial charge in [0.05, 0.1) is 0 Å². The van der Waals surface area contributed by atoms with Crippen molar-refractivity contribution in [2.24, 2.45) is 0 Å². The van der Waals surface area contributed by atoms with Crippen molar-refractivity contribution in [3.05, 3.63) is 107 Å². The molecule has 0 nitrogen and oxygen atoms in total. The van der Waals surface area contributed by atoms with Crippen molar-refractivity contribution in [1.82, 2.24) is 0 Å². The molecule has 128 valence electrons. The standard InChI is InChI=1S/C25H28/c1-3-25(20-23-12-8-5-9-13-23,24-16-14-21(2)15-17-24)19-18-22-10-6-4-7-11-22/h4-17H,3,18-20H2,1-2H3. The molecule has 25 heavy (non-hydrogen) atoms. The van der Waals surface area contributed by atoms with E-state index in [2.05, 4.69) is 98.8 Å². The molecule has 0 heteroatoms. The zero-order chi connectivity index (χ0) is 17.5. The molecule has 0 amide bonds. The van der Waals surface area contributed by atoms with Crippen molar-refractivity contribution in [2.75, 3.05) is 0 Å². The summed E-state index contributed by atoms with van der Waals surface area (Å²) in [7, 11) is 0. The summed E-state index contributed by atoms with van der Waals surface area (Å²) in [6.07, 6.45) is 4.54. The maximum Gasteiger partial charge on any atom is -0.000611 e. The van der Waals surface area contributed by atoms with E-state index in [9.17, 15) is 0 Å². The van der Waals surface area contributed by atoms with Crippen LogP contribution in [0.2, 0.25) is 0 Å². The smallest absolute Gasteiger partial charge is 0.000611 e. The SMILES string of the molecule is CCC(CCc1ccccc1)(Cc1ccccc1)c1ccc(C)cc1. The summed E-state index contributed by atoms with van der Waals surface area (Å²) in [6, 6.07) is 31.0. The molecule has 0 aromatic heterocycles. The van der Waals surface area contributed by atoms with E-state index in [0.717, 1.165) is 19.3 Å². The van der Waals surface area contributed by atoms with Gasteiger partial charge in [-0.25, -0.2) is 0 Å². The monoisotopic (exact) mass is 328 g/mol. The maximum atomic E-state index is 2.34. The highest BCUT2D eigenvalue weighted by molar-refractivity contribution is 5.32. The van der Waals surface area contributed by atoms with E-state index in [0.29, 0.717) is 0 Å². The summed E-state index contributed by atoms with van der Waals surface area (Å²) in [4.78, 5) is 0. The van der Waals surface area contributed by atoms with Crippen LogP contribution in [0.3, 0.4) is 0 Å². The minimum atomic E-state index is 0.185. The second-order valence-corrected chi connectivity index (χ2v) is 7.15. The van der Waals surface area contributed by atoms with Crippen molar-refractivity contribution in [3.8, 4) is 0 Å². The van der Waals surface area contributed by atoms with Crippen LogP contribution in [0.15, 0.2) is 84.9 Å². The lowest BCUT2D eigenvalue weighted by molar-refractivity contribution is 0.376. The molecule has 0 heterocycles. The van der Waals surface area contributed by atoms with Crippen LogP contribution in [0.4, 0.5) is 0 Å². The van der Waals surface area contributed by atoms with Gasteiger partial charge in [-0.05, 0) is 54.7 Å². The Balaban J connectivity index is 1.92. The lowest BCUT2D eigenvalue weighted by atomic mass is 9.70. The Morgan fingerprint density at radius 3 is 1.80 bits per heavy atom. The largest absolute Gasteiger partial charge is 0.0645 e. The van der Waals surface area contributed by atoms with Gasteiger partial charge < -0.3 is 0 Å². The minimum Gasteiger partial charge on any atom is -0.0645 e. The molecule has 3 rings (SSSR count). The molecule has 0 saturated heterocycles. The van der Waals surface area contributed by atoms with E-state index in [-0.39, 0.29) is 5.41 Å². The molecule has 0 aliphatic rings. The quantitative estimate of drug-likeness (QED) is 0.463. The molecule has 3 aromatic carbocycles. The van der Waals surface area contributed by atoms with E-state index in [1.165, 1.54) is 28.7 Å². The highest BCUT2D eigenvalue weighted by Crippen LogP contribution is 2.37. The summed E-state index contributed by atoms with van der Waals surface area (Å²) in [5.74, 6) is 0. The summed E-state index contributed by atoms with van der Waals surface area (Å²) in [6.45, 7) is 4.51. The molecular formula is C25H28. The molecule has 0 fully saturated rings. The minimum absolute atomic E-state index is 0.185. The van der Waals surface area contributed by atoms with Gasteiger partial charge in [-0.3, -0.25) is 0 Å². The summed E-state index contributed by atoms with van der Waals surface area (Å²) in [5, 5.41) is 0. The molecule has 0 N–H and O–H groups in total. The average Bonchev–Trinajstić information content (AvgIpc) is 2.67. The topological polar surface area (TPSA) is 0 Å². The van der Waals surface area contributed by atoms with E-state index >= 15 is 0 Å². The molecule has 1 unspecified atom stereocenters. The van der Waals surface area contributed by atoms with E-state index in [1.54, 1.807) is 0 Å². The molecule has 0 saturated carbocycles. The Morgan fingerprint density at radius 1 is 0.680 bits per heavy atom. The van der Waals surface area contributed by atoms with Gasteiger partial charge in [0, 0.05) is 0 Å². The van der Waals surface area contributed by atoms with E-state index in [1.807, 2.05) is 0 Å². The summed E-state index contributed by atoms with van der Waals surface area (Å²) >= 11 is 0. The third-order valence-electron chi connectivity index (χ3n) is 5.46. The zero-order valence-electron chi connectivity index (χ0n) is 15.4. The zero-order valence-corrected chi connectivity index (χ0v) is 15.4. The van der Waals surface area contributed by atoms with Gasteiger partial charge in [-0.15, -0.1) is 0 Å². The van der Waals surface area contributed by atoms with Crippen LogP contribution in [-0.4, -0.2) is 0 Å². The number of aryl methyl sites for hydroxylation is 2. The maximum absolute atomic E-state index is 2.34. The molecule has 0 aliphatic carbocycles. The van der Waals surface area contributed by atoms with Gasteiger partial charge >= 0.3 is 0 Å². The highest BCUT2D eigenvalue weighted by atomic mass is 14.3. The van der Waals surface area contributed by atoms with Crippen LogP contribution in [0.5, 0.6) is 0 Å². The second-order valence-electron chi connectivity index (χ2n) is 7.15. The van der Waals surface area contributed by atoms with Crippen LogP contribution in [0.1, 0.15) is 42.0 Å². The van der Waals surface area contributed by atoms with Crippen LogP contribution < -0.4 is 0 Å². The second kappa shape index (κ2) is 8.16. The fourth-order valence-electron chi connectivity index (χ4n) is 3.76. The Bertz CT molecular complexity index is 756. The Labute approximate surface area is 152 Å². The fraction of sp³-hybridized carbons (Fsp3) is 0.280. The van der Waals surface area contributed by atoms with Crippen LogP contribution in [-0.2, 0) is 18.3 Å². The Morgan fingerprint density at radius 2 is 1.24 bits per heavy atom. The molecule has 1 atom stereocenters. The van der Waals surface area contributed by atoms with Crippen LogP contribution in [0.25, 0.3) is 0 Å². The Hall–Kier alpha value is -2.34. The van der Waals surface area contributed by atoms with Crippen LogP contribution >= 0.6 is 0 Å². The van der Waals surface area contributed by atoms with Crippen molar-refractivity contribution in [3.63, 3.8) is 0 Å². The first-order valence-corrected chi connectivity index (χ1v) is 9.37. The normalized spacial score (nSPS) is 13.4. The summed E-state index contributed by atoms with van der Waals surface area (Å²) < 4.78 is 0. The van der Waals surface area contributed by atoms with Gasteiger partial charge in [-0.2, -0.15) is 0 Å². The van der Waals surface area contributed by atoms with Crippen molar-refractivity contribution < 1.29 is 0 Å². The number of hydrogen-bond donors (Lipinski definition) is 0. The number of hydrogen-bond acceptors (Lipinski definition) is 0. The summed E-state index contributed by atoms with van der Waals surface area (Å²) in [5.41, 5.74) is 5.85. The first kappa shape index (κ1) is 17.5. The van der Waals surface area contributed by atoms with Crippen molar-refractivity contribution in [1.29, 1.82) is 0 Å². The lowest BCUT2D eigenvalue weighted by Gasteiger charge is -2.34. The molecule has 3 aromatic rings. The van der Waals surface area contributed by atoms with Crippen molar-refractivity contribution >= 4 is 0 Å². The predicted molar refractivity (Wildman–Crippen MR) is 108 cm³/mol. The number of rotatable bonds is 7. The third kappa shape index (κ3) is 4.39. The molecule has 0 spiro atoms. The molecule has 0 radical (unpaired) electrons. The molecular weight excluding hydrogens is 300 g/mol. The first-order valence-electron chi connectivity index (χ1n) is 9.37. The highest BCUT2D eigenvalue weighted by Gasteiger charge is 2.30. The van der Waals surface area contributed by atoms with Gasteiger partial charge in [0.15, 0.2) is 0 Å². The molecule has 0 aliphatic heterocycles. The number of benzene rings is 3. The van der Waals surface area contributed by atoms with Crippen LogP contribution in [0, 0.1) is 6.92 Å². The first-order chi connectivity index (χ1) is 12.2. The van der Waals surface area contributed by atoms with E-state index < -0.39 is 0 Å².